The van der Waals surface area contributed by atoms with Crippen molar-refractivity contribution in [2.45, 2.75) is 19.4 Å². The fraction of sp³-hybridized carbons (Fsp3) is 0.562. The normalized spacial score (nSPS) is 14.4. The highest BCUT2D eigenvalue weighted by molar-refractivity contribution is 5.97. The van der Waals surface area contributed by atoms with Crippen molar-refractivity contribution in [2.75, 3.05) is 33.9 Å². The second-order valence-electron chi connectivity index (χ2n) is 5.70. The van der Waals surface area contributed by atoms with Crippen molar-refractivity contribution < 1.29 is 9.47 Å². The molecule has 1 fully saturated rings. The summed E-state index contributed by atoms with van der Waals surface area (Å²) in [5.74, 6) is 1.49. The summed E-state index contributed by atoms with van der Waals surface area (Å²) in [5.41, 5.74) is 7.35. The summed E-state index contributed by atoms with van der Waals surface area (Å²) in [6.45, 7) is 3.37. The maximum atomic E-state index is 7.60. The lowest BCUT2D eigenvalue weighted by Crippen LogP contribution is -2.23. The molecule has 0 bridgehead atoms. The van der Waals surface area contributed by atoms with Gasteiger partial charge in [0.2, 0.25) is 0 Å². The number of nitrogen functional groups attached to an aromatic ring is 1. The standard InChI is InChI=1S/C16H25N3O2/c1-19(7-8-21-11-12-3-4-12)10-13-5-6-15(20-2)14(9-13)16(17)18/h5-6,9,12H,3-4,7-8,10-11H2,1-2H3,(H3,17,18). The lowest BCUT2D eigenvalue weighted by molar-refractivity contribution is 0.102. The van der Waals surface area contributed by atoms with E-state index in [0.717, 1.165) is 37.8 Å². The molecule has 0 atom stereocenters. The van der Waals surface area contributed by atoms with Crippen LogP contribution in [-0.2, 0) is 11.3 Å². The minimum Gasteiger partial charge on any atom is -0.496 e. The second-order valence-corrected chi connectivity index (χ2v) is 5.70. The van der Waals surface area contributed by atoms with Gasteiger partial charge in [0.1, 0.15) is 11.6 Å². The van der Waals surface area contributed by atoms with Gasteiger partial charge in [0.05, 0.1) is 19.3 Å². The van der Waals surface area contributed by atoms with E-state index in [1.807, 2.05) is 18.2 Å². The van der Waals surface area contributed by atoms with E-state index in [4.69, 9.17) is 20.6 Å². The maximum absolute atomic E-state index is 7.60. The Kier molecular flexibility index (Phi) is 5.59. The molecule has 1 aromatic rings. The second kappa shape index (κ2) is 7.43. The molecule has 0 heterocycles. The van der Waals surface area contributed by atoms with Crippen LogP contribution in [0.3, 0.4) is 0 Å². The summed E-state index contributed by atoms with van der Waals surface area (Å²) in [4.78, 5) is 2.21. The van der Waals surface area contributed by atoms with Crippen molar-refractivity contribution >= 4 is 5.84 Å². The molecule has 2 rings (SSSR count). The average molecular weight is 291 g/mol. The third-order valence-electron chi connectivity index (χ3n) is 3.67. The third-order valence-corrected chi connectivity index (χ3v) is 3.67. The molecule has 0 spiro atoms. The number of benzene rings is 1. The number of amidine groups is 1. The molecule has 116 valence electrons. The number of rotatable bonds is 9. The van der Waals surface area contributed by atoms with Crippen molar-refractivity contribution in [1.29, 1.82) is 5.41 Å². The number of nitrogens with one attached hydrogen (secondary N) is 1. The first-order valence-corrected chi connectivity index (χ1v) is 7.37. The van der Waals surface area contributed by atoms with Crippen LogP contribution < -0.4 is 10.5 Å². The highest BCUT2D eigenvalue weighted by Gasteiger charge is 2.20. The number of likely N-dealkylation sites (N-methyl/N-ethyl adjacent to an activating group) is 1. The summed E-state index contributed by atoms with van der Waals surface area (Å²) < 4.78 is 10.9. The monoisotopic (exact) mass is 291 g/mol. The smallest absolute Gasteiger partial charge is 0.129 e. The molecule has 0 aliphatic heterocycles. The largest absolute Gasteiger partial charge is 0.496 e. The number of hydrogen-bond donors (Lipinski definition) is 2. The molecule has 1 saturated carbocycles. The zero-order valence-electron chi connectivity index (χ0n) is 12.9. The van der Waals surface area contributed by atoms with E-state index in [0.29, 0.717) is 11.3 Å². The zero-order valence-corrected chi connectivity index (χ0v) is 12.9. The Hall–Kier alpha value is -1.59. The summed E-state index contributed by atoms with van der Waals surface area (Å²) in [7, 11) is 3.66. The fourth-order valence-electron chi connectivity index (χ4n) is 2.21. The van der Waals surface area contributed by atoms with Crippen LogP contribution in [0.2, 0.25) is 0 Å². The van der Waals surface area contributed by atoms with Gasteiger partial charge in [-0.2, -0.15) is 0 Å². The topological polar surface area (TPSA) is 71.6 Å². The number of ether oxygens (including phenoxy) is 2. The van der Waals surface area contributed by atoms with Crippen LogP contribution in [0.15, 0.2) is 18.2 Å². The molecular weight excluding hydrogens is 266 g/mol. The van der Waals surface area contributed by atoms with E-state index in [1.165, 1.54) is 12.8 Å². The lowest BCUT2D eigenvalue weighted by atomic mass is 10.1. The molecule has 21 heavy (non-hydrogen) atoms. The minimum absolute atomic E-state index is 0.0316. The highest BCUT2D eigenvalue weighted by Crippen LogP contribution is 2.28. The van der Waals surface area contributed by atoms with Gasteiger partial charge in [0, 0.05) is 19.7 Å². The Bertz CT molecular complexity index is 486. The lowest BCUT2D eigenvalue weighted by Gasteiger charge is -2.18. The first-order chi connectivity index (χ1) is 10.1. The SMILES string of the molecule is COc1ccc(CN(C)CCOCC2CC2)cc1C(=N)N. The van der Waals surface area contributed by atoms with Crippen LogP contribution in [-0.4, -0.2) is 44.7 Å². The summed E-state index contributed by atoms with van der Waals surface area (Å²) in [6, 6.07) is 5.79. The first-order valence-electron chi connectivity index (χ1n) is 7.37. The maximum Gasteiger partial charge on any atom is 0.129 e. The molecule has 1 aliphatic carbocycles. The van der Waals surface area contributed by atoms with Gasteiger partial charge in [-0.15, -0.1) is 0 Å². The van der Waals surface area contributed by atoms with E-state index in [1.54, 1.807) is 7.11 Å². The van der Waals surface area contributed by atoms with Crippen molar-refractivity contribution in [2.24, 2.45) is 11.7 Å². The number of methoxy groups -OCH3 is 1. The third kappa shape index (κ3) is 5.02. The predicted octanol–water partition coefficient (Wildman–Crippen LogP) is 1.84. The van der Waals surface area contributed by atoms with E-state index < -0.39 is 0 Å². The van der Waals surface area contributed by atoms with E-state index in [-0.39, 0.29) is 5.84 Å². The quantitative estimate of drug-likeness (QED) is 0.414. The molecule has 5 nitrogen and oxygen atoms in total. The fourth-order valence-corrected chi connectivity index (χ4v) is 2.21. The highest BCUT2D eigenvalue weighted by atomic mass is 16.5. The molecule has 1 aromatic carbocycles. The van der Waals surface area contributed by atoms with Gasteiger partial charge in [-0.3, -0.25) is 10.3 Å². The number of nitrogens with two attached hydrogens (primary N) is 1. The van der Waals surface area contributed by atoms with Crippen molar-refractivity contribution in [3.05, 3.63) is 29.3 Å². The van der Waals surface area contributed by atoms with Gasteiger partial charge in [-0.25, -0.2) is 0 Å². The van der Waals surface area contributed by atoms with Crippen LogP contribution >= 0.6 is 0 Å². The Labute approximate surface area is 126 Å². The Morgan fingerprint density at radius 3 is 2.81 bits per heavy atom. The Morgan fingerprint density at radius 2 is 2.19 bits per heavy atom. The summed E-state index contributed by atoms with van der Waals surface area (Å²) in [6.07, 6.45) is 2.66. The van der Waals surface area contributed by atoms with Crippen molar-refractivity contribution in [3.8, 4) is 5.75 Å². The Balaban J connectivity index is 1.82. The number of hydrogen-bond acceptors (Lipinski definition) is 4. The molecule has 0 amide bonds. The van der Waals surface area contributed by atoms with E-state index in [9.17, 15) is 0 Å². The minimum atomic E-state index is 0.0316. The predicted molar refractivity (Wildman–Crippen MR) is 83.9 cm³/mol. The molecule has 0 aromatic heterocycles. The molecule has 1 aliphatic rings. The zero-order chi connectivity index (χ0) is 15.2. The summed E-state index contributed by atoms with van der Waals surface area (Å²) in [5, 5.41) is 7.60. The van der Waals surface area contributed by atoms with Gasteiger partial charge in [-0.05, 0) is 43.5 Å². The van der Waals surface area contributed by atoms with E-state index >= 15 is 0 Å². The van der Waals surface area contributed by atoms with Gasteiger partial charge >= 0.3 is 0 Å². The molecular formula is C16H25N3O2. The van der Waals surface area contributed by atoms with Crippen LogP contribution in [0.4, 0.5) is 0 Å². The Morgan fingerprint density at radius 1 is 1.43 bits per heavy atom. The van der Waals surface area contributed by atoms with Gasteiger partial charge in [0.15, 0.2) is 0 Å². The first kappa shape index (κ1) is 15.8. The van der Waals surface area contributed by atoms with Crippen molar-refractivity contribution in [1.82, 2.24) is 4.90 Å². The molecule has 0 saturated heterocycles. The molecule has 0 unspecified atom stereocenters. The van der Waals surface area contributed by atoms with Crippen LogP contribution in [0, 0.1) is 11.3 Å². The van der Waals surface area contributed by atoms with Gasteiger partial charge in [-0.1, -0.05) is 6.07 Å². The van der Waals surface area contributed by atoms with Crippen LogP contribution in [0.25, 0.3) is 0 Å². The van der Waals surface area contributed by atoms with E-state index in [2.05, 4.69) is 11.9 Å². The van der Waals surface area contributed by atoms with Crippen LogP contribution in [0.5, 0.6) is 5.75 Å². The molecule has 5 heteroatoms. The van der Waals surface area contributed by atoms with Gasteiger partial charge in [0.25, 0.3) is 0 Å². The summed E-state index contributed by atoms with van der Waals surface area (Å²) >= 11 is 0. The average Bonchev–Trinajstić information content (AvgIpc) is 3.27. The van der Waals surface area contributed by atoms with Crippen LogP contribution in [0.1, 0.15) is 24.0 Å². The van der Waals surface area contributed by atoms with Crippen molar-refractivity contribution in [3.63, 3.8) is 0 Å². The number of nitrogens with zero attached hydrogens (tertiary/aromatic N) is 1. The van der Waals surface area contributed by atoms with Gasteiger partial charge < -0.3 is 15.2 Å². The molecule has 3 N–H and O–H groups in total. The molecule has 0 radical (unpaired) electrons.